The number of nitrogens with one attached hydrogen (secondary N) is 1. The third kappa shape index (κ3) is 3.23. The molecule has 0 saturated carbocycles. The van der Waals surface area contributed by atoms with E-state index in [1.165, 1.54) is 0 Å². The zero-order chi connectivity index (χ0) is 14.0. The first kappa shape index (κ1) is 13.4. The molecular weight excluding hydrogens is 244 g/mol. The summed E-state index contributed by atoms with van der Waals surface area (Å²) in [5.41, 5.74) is 8.66. The summed E-state index contributed by atoms with van der Waals surface area (Å²) in [5.74, 6) is -0.00192. The van der Waals surface area contributed by atoms with Crippen LogP contribution >= 0.6 is 0 Å². The Morgan fingerprint density at radius 1 is 1.58 bits per heavy atom. The first-order valence-electron chi connectivity index (χ1n) is 6.10. The highest BCUT2D eigenvalue weighted by Crippen LogP contribution is 2.20. The van der Waals surface area contributed by atoms with E-state index in [1.807, 2.05) is 37.1 Å². The second-order valence-corrected chi connectivity index (χ2v) is 4.76. The molecule has 0 aliphatic rings. The molecule has 0 aliphatic carbocycles. The fraction of sp³-hybridized carbons (Fsp3) is 0.385. The minimum absolute atomic E-state index is 0.0320. The number of imidazole rings is 1. The molecule has 0 spiro atoms. The summed E-state index contributed by atoms with van der Waals surface area (Å²) in [6, 6.07) is 5.49. The normalized spacial score (nSPS) is 12.6. The Labute approximate surface area is 111 Å². The maximum Gasteiger partial charge on any atom is 0.304 e. The van der Waals surface area contributed by atoms with Crippen LogP contribution in [0.15, 0.2) is 18.2 Å². The quantitative estimate of drug-likeness (QED) is 0.750. The van der Waals surface area contributed by atoms with Gasteiger partial charge in [-0.15, -0.1) is 0 Å². The monoisotopic (exact) mass is 262 g/mol. The molecule has 1 heterocycles. The summed E-state index contributed by atoms with van der Waals surface area (Å²) in [7, 11) is 1.89. The molecule has 0 amide bonds. The number of nitrogens with zero attached hydrogens (tertiary/aromatic N) is 2. The second-order valence-electron chi connectivity index (χ2n) is 4.76. The number of likely N-dealkylation sites (N-methyl/N-ethyl adjacent to an activating group) is 1. The van der Waals surface area contributed by atoms with Crippen molar-refractivity contribution >= 4 is 22.7 Å². The van der Waals surface area contributed by atoms with Gasteiger partial charge in [0.15, 0.2) is 0 Å². The summed E-state index contributed by atoms with van der Waals surface area (Å²) in [6.07, 6.45) is -0.0320. The number of hydrogen-bond acceptors (Lipinski definition) is 4. The van der Waals surface area contributed by atoms with E-state index in [9.17, 15) is 4.79 Å². The second kappa shape index (κ2) is 5.27. The van der Waals surface area contributed by atoms with Gasteiger partial charge in [0.05, 0.1) is 17.5 Å². The third-order valence-electron chi connectivity index (χ3n) is 2.97. The van der Waals surface area contributed by atoms with Crippen molar-refractivity contribution in [2.75, 3.05) is 18.5 Å². The Morgan fingerprint density at radius 3 is 3.00 bits per heavy atom. The number of hydrogen-bond donors (Lipinski definition) is 3. The van der Waals surface area contributed by atoms with E-state index in [4.69, 9.17) is 10.8 Å². The summed E-state index contributed by atoms with van der Waals surface area (Å²) < 4.78 is 0. The highest BCUT2D eigenvalue weighted by molar-refractivity contribution is 5.79. The molecule has 0 radical (unpaired) electrons. The minimum Gasteiger partial charge on any atom is -0.481 e. The van der Waals surface area contributed by atoms with Crippen molar-refractivity contribution in [3.63, 3.8) is 0 Å². The minimum atomic E-state index is -0.874. The number of carbonyl (C=O) groups is 1. The molecule has 0 aliphatic heterocycles. The summed E-state index contributed by atoms with van der Waals surface area (Å²) in [6.45, 7) is 2.40. The van der Waals surface area contributed by atoms with Gasteiger partial charge in [0, 0.05) is 25.3 Å². The number of carboxylic acid groups (broad SMARTS) is 1. The molecule has 6 nitrogen and oxygen atoms in total. The zero-order valence-electron chi connectivity index (χ0n) is 11.1. The topological polar surface area (TPSA) is 95.2 Å². The molecule has 0 bridgehead atoms. The first-order valence-corrected chi connectivity index (χ1v) is 6.10. The lowest BCUT2D eigenvalue weighted by Gasteiger charge is -2.22. The van der Waals surface area contributed by atoms with E-state index in [2.05, 4.69) is 9.97 Å². The van der Waals surface area contributed by atoms with Crippen molar-refractivity contribution < 1.29 is 9.90 Å². The maximum absolute atomic E-state index is 10.6. The summed E-state index contributed by atoms with van der Waals surface area (Å²) in [5, 5.41) is 8.70. The van der Waals surface area contributed by atoms with Gasteiger partial charge in [0.25, 0.3) is 0 Å². The largest absolute Gasteiger partial charge is 0.481 e. The van der Waals surface area contributed by atoms with Gasteiger partial charge in [-0.25, -0.2) is 4.98 Å². The number of H-pyrrole nitrogens is 1. The molecule has 4 N–H and O–H groups in total. The average Bonchev–Trinajstić information content (AvgIpc) is 2.66. The van der Waals surface area contributed by atoms with Gasteiger partial charge in [-0.05, 0) is 25.1 Å². The SMILES string of the molecule is Cc1nc2ccc(N(C)CC(N)CC(=O)O)cc2[nH]1. The van der Waals surface area contributed by atoms with Crippen molar-refractivity contribution in [2.45, 2.75) is 19.4 Å². The number of fused-ring (bicyclic) bond motifs is 1. The van der Waals surface area contributed by atoms with E-state index >= 15 is 0 Å². The van der Waals surface area contributed by atoms with Crippen molar-refractivity contribution in [1.29, 1.82) is 0 Å². The fourth-order valence-corrected chi connectivity index (χ4v) is 2.11. The van der Waals surface area contributed by atoms with E-state index in [1.54, 1.807) is 0 Å². The lowest BCUT2D eigenvalue weighted by Crippen LogP contribution is -2.36. The Morgan fingerprint density at radius 2 is 2.32 bits per heavy atom. The Balaban J connectivity index is 2.12. The van der Waals surface area contributed by atoms with E-state index in [0.29, 0.717) is 6.54 Å². The fourth-order valence-electron chi connectivity index (χ4n) is 2.11. The van der Waals surface area contributed by atoms with Crippen molar-refractivity contribution in [3.8, 4) is 0 Å². The van der Waals surface area contributed by atoms with Crippen LogP contribution in [0, 0.1) is 6.92 Å². The van der Waals surface area contributed by atoms with Crippen LogP contribution in [0.25, 0.3) is 11.0 Å². The number of aromatic nitrogens is 2. The maximum atomic E-state index is 10.6. The third-order valence-corrected chi connectivity index (χ3v) is 2.97. The van der Waals surface area contributed by atoms with Crippen LogP contribution in [-0.4, -0.2) is 40.7 Å². The molecule has 19 heavy (non-hydrogen) atoms. The zero-order valence-corrected chi connectivity index (χ0v) is 11.1. The number of rotatable bonds is 5. The molecule has 1 atom stereocenters. The Kier molecular flexibility index (Phi) is 3.71. The molecule has 2 rings (SSSR count). The molecule has 1 aromatic heterocycles. The van der Waals surface area contributed by atoms with Gasteiger partial charge in [-0.3, -0.25) is 4.79 Å². The van der Waals surface area contributed by atoms with Crippen LogP contribution < -0.4 is 10.6 Å². The van der Waals surface area contributed by atoms with Crippen LogP contribution in [0.1, 0.15) is 12.2 Å². The van der Waals surface area contributed by atoms with Crippen LogP contribution in [0.5, 0.6) is 0 Å². The number of carboxylic acids is 1. The standard InChI is InChI=1S/C13H18N4O2/c1-8-15-11-4-3-10(6-12(11)16-8)17(2)7-9(14)5-13(18)19/h3-4,6,9H,5,7,14H2,1-2H3,(H,15,16)(H,18,19). The molecule has 0 saturated heterocycles. The predicted molar refractivity (Wildman–Crippen MR) is 74.3 cm³/mol. The number of aryl methyl sites for hydroxylation is 1. The molecule has 1 unspecified atom stereocenters. The highest BCUT2D eigenvalue weighted by Gasteiger charge is 2.12. The lowest BCUT2D eigenvalue weighted by atomic mass is 10.2. The van der Waals surface area contributed by atoms with Gasteiger partial charge in [-0.2, -0.15) is 0 Å². The van der Waals surface area contributed by atoms with Crippen molar-refractivity contribution in [1.82, 2.24) is 9.97 Å². The number of nitrogens with two attached hydrogens (primary N) is 1. The molecule has 2 aromatic rings. The van der Waals surface area contributed by atoms with Crippen LogP contribution in [0.2, 0.25) is 0 Å². The lowest BCUT2D eigenvalue weighted by molar-refractivity contribution is -0.137. The highest BCUT2D eigenvalue weighted by atomic mass is 16.4. The van der Waals surface area contributed by atoms with Crippen molar-refractivity contribution in [2.24, 2.45) is 5.73 Å². The summed E-state index contributed by atoms with van der Waals surface area (Å²) >= 11 is 0. The van der Waals surface area contributed by atoms with Gasteiger partial charge in [0.2, 0.25) is 0 Å². The van der Waals surface area contributed by atoms with E-state index in [0.717, 1.165) is 22.5 Å². The molecule has 1 aromatic carbocycles. The van der Waals surface area contributed by atoms with Crippen LogP contribution in [0.4, 0.5) is 5.69 Å². The van der Waals surface area contributed by atoms with E-state index < -0.39 is 5.97 Å². The molecule has 6 heteroatoms. The number of aromatic amines is 1. The van der Waals surface area contributed by atoms with Crippen LogP contribution in [0.3, 0.4) is 0 Å². The van der Waals surface area contributed by atoms with Gasteiger partial charge in [-0.1, -0.05) is 0 Å². The number of anilines is 1. The van der Waals surface area contributed by atoms with Crippen LogP contribution in [-0.2, 0) is 4.79 Å². The predicted octanol–water partition coefficient (Wildman–Crippen LogP) is 1.11. The van der Waals surface area contributed by atoms with E-state index in [-0.39, 0.29) is 12.5 Å². The van der Waals surface area contributed by atoms with Gasteiger partial charge >= 0.3 is 5.97 Å². The molecular formula is C13H18N4O2. The van der Waals surface area contributed by atoms with Crippen molar-refractivity contribution in [3.05, 3.63) is 24.0 Å². The van der Waals surface area contributed by atoms with Gasteiger partial charge in [0.1, 0.15) is 5.82 Å². The average molecular weight is 262 g/mol. The Bertz CT molecular complexity index is 593. The Hall–Kier alpha value is -2.08. The first-order chi connectivity index (χ1) is 8.95. The number of aliphatic carboxylic acids is 1. The molecule has 102 valence electrons. The molecule has 0 fully saturated rings. The summed E-state index contributed by atoms with van der Waals surface area (Å²) in [4.78, 5) is 20.1. The smallest absolute Gasteiger partial charge is 0.304 e. The van der Waals surface area contributed by atoms with Gasteiger partial charge < -0.3 is 20.7 Å². The number of benzene rings is 1.